The number of carbonyl (C=O) groups excluding carboxylic acids is 3. The Morgan fingerprint density at radius 2 is 1.64 bits per heavy atom. The predicted molar refractivity (Wildman–Crippen MR) is 141 cm³/mol. The van der Waals surface area contributed by atoms with Crippen molar-refractivity contribution in [2.75, 3.05) is 17.7 Å². The van der Waals surface area contributed by atoms with Crippen LogP contribution >= 0.6 is 11.5 Å². The SMILES string of the molecule is COc1ccc(C(C(=O)NC(C)(C)C)N(C(=O)c2snc(C(N)=O)c2N)c2cc(C)cc(C)c2)cc1. The van der Waals surface area contributed by atoms with E-state index in [1.165, 1.54) is 4.90 Å². The lowest BCUT2D eigenvalue weighted by molar-refractivity contribution is -0.123. The van der Waals surface area contributed by atoms with Gasteiger partial charge in [-0.2, -0.15) is 4.37 Å². The summed E-state index contributed by atoms with van der Waals surface area (Å²) in [6, 6.07) is 11.5. The standard InChI is InChI=1S/C26H31N5O4S/c1-14-11-15(2)13-17(12-14)31(25(34)22-19(27)20(23(28)32)30-36-22)21(24(33)29-26(3,4)5)16-7-9-18(35-6)10-8-16/h7-13,21H,27H2,1-6H3,(H2,28,32)(H,29,33). The zero-order chi connectivity index (χ0) is 26.8. The summed E-state index contributed by atoms with van der Waals surface area (Å²) in [4.78, 5) is 41.0. The van der Waals surface area contributed by atoms with E-state index in [2.05, 4.69) is 9.69 Å². The van der Waals surface area contributed by atoms with E-state index >= 15 is 0 Å². The zero-order valence-corrected chi connectivity index (χ0v) is 22.0. The minimum absolute atomic E-state index is 0.0185. The van der Waals surface area contributed by atoms with Gasteiger partial charge in [0, 0.05) is 11.2 Å². The number of rotatable bonds is 7. The number of methoxy groups -OCH3 is 1. The lowest BCUT2D eigenvalue weighted by atomic mass is 9.99. The van der Waals surface area contributed by atoms with Gasteiger partial charge in [0.05, 0.1) is 12.8 Å². The van der Waals surface area contributed by atoms with E-state index in [4.69, 9.17) is 16.2 Å². The van der Waals surface area contributed by atoms with Crippen LogP contribution in [0.25, 0.3) is 0 Å². The number of aromatic nitrogens is 1. The molecule has 5 N–H and O–H groups in total. The molecule has 0 aliphatic carbocycles. The van der Waals surface area contributed by atoms with E-state index in [9.17, 15) is 14.4 Å². The average Bonchev–Trinajstić information content (AvgIpc) is 3.16. The van der Waals surface area contributed by atoms with E-state index in [1.54, 1.807) is 31.4 Å². The predicted octanol–water partition coefficient (Wildman–Crippen LogP) is 3.75. The van der Waals surface area contributed by atoms with Crippen LogP contribution < -0.4 is 26.4 Å². The molecule has 36 heavy (non-hydrogen) atoms. The Kier molecular flexibility index (Phi) is 7.68. The van der Waals surface area contributed by atoms with Crippen LogP contribution in [-0.2, 0) is 4.79 Å². The molecule has 0 aliphatic rings. The lowest BCUT2D eigenvalue weighted by Gasteiger charge is -2.34. The zero-order valence-electron chi connectivity index (χ0n) is 21.2. The molecule has 1 atom stereocenters. The first-order chi connectivity index (χ1) is 16.8. The first-order valence-corrected chi connectivity index (χ1v) is 12.0. The van der Waals surface area contributed by atoms with Gasteiger partial charge in [-0.25, -0.2) is 0 Å². The maximum atomic E-state index is 14.1. The summed E-state index contributed by atoms with van der Waals surface area (Å²) in [5.41, 5.74) is 13.5. The van der Waals surface area contributed by atoms with Crippen molar-refractivity contribution in [3.05, 3.63) is 69.7 Å². The number of primary amides is 1. The van der Waals surface area contributed by atoms with Crippen molar-refractivity contribution in [3.8, 4) is 5.75 Å². The van der Waals surface area contributed by atoms with Crippen LogP contribution in [0, 0.1) is 13.8 Å². The van der Waals surface area contributed by atoms with Crippen LogP contribution in [0.1, 0.15) is 63.7 Å². The Morgan fingerprint density at radius 3 is 2.11 bits per heavy atom. The van der Waals surface area contributed by atoms with Gasteiger partial charge in [0.2, 0.25) is 5.91 Å². The normalized spacial score (nSPS) is 12.1. The molecule has 3 aromatic rings. The lowest BCUT2D eigenvalue weighted by Crippen LogP contribution is -2.49. The topological polar surface area (TPSA) is 141 Å². The fourth-order valence-electron chi connectivity index (χ4n) is 3.85. The highest BCUT2D eigenvalue weighted by Crippen LogP contribution is 2.35. The molecule has 3 rings (SSSR count). The minimum atomic E-state index is -1.07. The maximum absolute atomic E-state index is 14.1. The second-order valence-corrected chi connectivity index (χ2v) is 10.3. The highest BCUT2D eigenvalue weighted by Gasteiger charge is 2.37. The first-order valence-electron chi connectivity index (χ1n) is 11.2. The third kappa shape index (κ3) is 5.83. The number of amides is 3. The number of ether oxygens (including phenoxy) is 1. The average molecular weight is 510 g/mol. The molecule has 1 unspecified atom stereocenters. The molecule has 190 valence electrons. The molecule has 10 heteroatoms. The molecule has 9 nitrogen and oxygen atoms in total. The molecule has 2 aromatic carbocycles. The van der Waals surface area contributed by atoms with E-state index in [1.807, 2.05) is 52.8 Å². The van der Waals surface area contributed by atoms with Gasteiger partial charge in [-0.15, -0.1) is 0 Å². The monoisotopic (exact) mass is 509 g/mol. The number of carbonyl (C=O) groups is 3. The van der Waals surface area contributed by atoms with Gasteiger partial charge < -0.3 is 21.5 Å². The van der Waals surface area contributed by atoms with Gasteiger partial charge >= 0.3 is 0 Å². The van der Waals surface area contributed by atoms with E-state index in [0.717, 1.165) is 22.7 Å². The summed E-state index contributed by atoms with van der Waals surface area (Å²) in [5.74, 6) is -1.19. The Balaban J connectivity index is 2.27. The summed E-state index contributed by atoms with van der Waals surface area (Å²) >= 11 is 0.769. The van der Waals surface area contributed by atoms with Crippen LogP contribution in [0.15, 0.2) is 42.5 Å². The second kappa shape index (κ2) is 10.4. The molecule has 0 aliphatic heterocycles. The number of aryl methyl sites for hydroxylation is 2. The van der Waals surface area contributed by atoms with Gasteiger partial charge in [0.15, 0.2) is 5.69 Å². The second-order valence-electron chi connectivity index (χ2n) is 9.57. The molecule has 0 fully saturated rings. The number of nitrogens with zero attached hydrogens (tertiary/aromatic N) is 2. The van der Waals surface area contributed by atoms with E-state index in [0.29, 0.717) is 17.0 Å². The minimum Gasteiger partial charge on any atom is -0.497 e. The number of nitrogen functional groups attached to an aromatic ring is 1. The van der Waals surface area contributed by atoms with Gasteiger partial charge in [-0.05, 0) is 87.1 Å². The Morgan fingerprint density at radius 1 is 1.06 bits per heavy atom. The molecule has 3 amide bonds. The molecule has 0 saturated carbocycles. The van der Waals surface area contributed by atoms with Crippen molar-refractivity contribution in [1.82, 2.24) is 9.69 Å². The van der Waals surface area contributed by atoms with Crippen molar-refractivity contribution in [2.24, 2.45) is 5.73 Å². The van der Waals surface area contributed by atoms with Gasteiger partial charge in [-0.3, -0.25) is 19.3 Å². The molecule has 1 aromatic heterocycles. The maximum Gasteiger partial charge on any atom is 0.273 e. The van der Waals surface area contributed by atoms with Crippen LogP contribution in [0.2, 0.25) is 0 Å². The number of nitrogens with two attached hydrogens (primary N) is 2. The Bertz CT molecular complexity index is 1270. The van der Waals surface area contributed by atoms with Crippen molar-refractivity contribution < 1.29 is 19.1 Å². The molecule has 0 spiro atoms. The largest absolute Gasteiger partial charge is 0.497 e. The summed E-state index contributed by atoms with van der Waals surface area (Å²) in [6.45, 7) is 9.39. The van der Waals surface area contributed by atoms with Crippen LogP contribution in [0.3, 0.4) is 0 Å². The van der Waals surface area contributed by atoms with Crippen LogP contribution in [-0.4, -0.2) is 34.7 Å². The first kappa shape index (κ1) is 26.7. The molecular formula is C26H31N5O4S. The van der Waals surface area contributed by atoms with Gasteiger partial charge in [-0.1, -0.05) is 18.2 Å². The number of anilines is 2. The van der Waals surface area contributed by atoms with Crippen LogP contribution in [0.5, 0.6) is 5.75 Å². The number of benzene rings is 2. The highest BCUT2D eigenvalue weighted by atomic mass is 32.1. The third-order valence-corrected chi connectivity index (χ3v) is 6.15. The summed E-state index contributed by atoms with van der Waals surface area (Å²) in [7, 11) is 1.55. The number of hydrogen-bond acceptors (Lipinski definition) is 7. The smallest absolute Gasteiger partial charge is 0.273 e. The fraction of sp³-hybridized carbons (Fsp3) is 0.308. The van der Waals surface area contributed by atoms with Crippen molar-refractivity contribution >= 4 is 40.6 Å². The molecule has 0 radical (unpaired) electrons. The van der Waals surface area contributed by atoms with E-state index < -0.39 is 29.3 Å². The Hall–Kier alpha value is -3.92. The number of nitrogens with one attached hydrogen (secondary N) is 1. The fourth-order valence-corrected chi connectivity index (χ4v) is 4.60. The summed E-state index contributed by atoms with van der Waals surface area (Å²) in [5, 5.41) is 2.99. The van der Waals surface area contributed by atoms with E-state index in [-0.39, 0.29) is 16.3 Å². The van der Waals surface area contributed by atoms with Gasteiger partial charge in [0.1, 0.15) is 16.7 Å². The quantitative estimate of drug-likeness (QED) is 0.443. The molecular weight excluding hydrogens is 478 g/mol. The summed E-state index contributed by atoms with van der Waals surface area (Å²) < 4.78 is 9.26. The molecule has 0 bridgehead atoms. The van der Waals surface area contributed by atoms with Crippen molar-refractivity contribution in [2.45, 2.75) is 46.2 Å². The van der Waals surface area contributed by atoms with Crippen molar-refractivity contribution in [3.63, 3.8) is 0 Å². The number of hydrogen-bond donors (Lipinski definition) is 3. The third-order valence-electron chi connectivity index (χ3n) is 5.30. The van der Waals surface area contributed by atoms with Crippen LogP contribution in [0.4, 0.5) is 11.4 Å². The highest BCUT2D eigenvalue weighted by molar-refractivity contribution is 7.09. The van der Waals surface area contributed by atoms with Gasteiger partial charge in [0.25, 0.3) is 11.8 Å². The molecule has 1 heterocycles. The Labute approximate surface area is 214 Å². The molecule has 0 saturated heterocycles. The van der Waals surface area contributed by atoms with Crippen molar-refractivity contribution in [1.29, 1.82) is 0 Å². The summed E-state index contributed by atoms with van der Waals surface area (Å²) in [6.07, 6.45) is 0.